The zero-order chi connectivity index (χ0) is 27.2. The molecule has 0 radical (unpaired) electrons. The molecule has 37 heavy (non-hydrogen) atoms. The third kappa shape index (κ3) is 6.61. The lowest BCUT2D eigenvalue weighted by molar-refractivity contribution is -0.360. The number of carbonyl (C=O) groups is 1. The second-order valence-corrected chi connectivity index (χ2v) is 10.4. The summed E-state index contributed by atoms with van der Waals surface area (Å²) in [5, 5.41) is 22.9. The lowest BCUT2D eigenvalue weighted by Crippen LogP contribution is -2.66. The summed E-state index contributed by atoms with van der Waals surface area (Å²) in [7, 11) is 4.72. The van der Waals surface area contributed by atoms with Crippen LogP contribution in [0, 0.1) is 17.8 Å². The van der Waals surface area contributed by atoms with Crippen LogP contribution in [0.1, 0.15) is 58.1 Å². The normalized spacial score (nSPS) is 40.2. The molecule has 10 atom stereocenters. The summed E-state index contributed by atoms with van der Waals surface area (Å²) in [6.07, 6.45) is 3.29. The minimum atomic E-state index is -2.08. The molecule has 0 amide bonds. The van der Waals surface area contributed by atoms with E-state index in [-0.39, 0.29) is 24.0 Å². The fourth-order valence-electron chi connectivity index (χ4n) is 5.56. The molecule has 0 aromatic heterocycles. The summed E-state index contributed by atoms with van der Waals surface area (Å²) in [6, 6.07) is 9.58. The van der Waals surface area contributed by atoms with E-state index in [1.165, 1.54) is 7.11 Å². The van der Waals surface area contributed by atoms with Crippen LogP contribution in [0.25, 0.3) is 0 Å². The first-order valence-corrected chi connectivity index (χ1v) is 13.3. The highest BCUT2D eigenvalue weighted by atomic mass is 16.7. The highest BCUT2D eigenvalue weighted by molar-refractivity contribution is 5.73. The Morgan fingerprint density at radius 1 is 0.946 bits per heavy atom. The number of esters is 1. The summed E-state index contributed by atoms with van der Waals surface area (Å²) >= 11 is 0. The summed E-state index contributed by atoms with van der Waals surface area (Å²) in [5.74, 6) is -4.38. The van der Waals surface area contributed by atoms with E-state index < -0.39 is 42.1 Å². The molecule has 2 heterocycles. The largest absolute Gasteiger partial charge is 0.457 e. The maximum atomic E-state index is 13.5. The summed E-state index contributed by atoms with van der Waals surface area (Å²) in [5.41, 5.74) is 0.880. The van der Waals surface area contributed by atoms with Gasteiger partial charge in [0.25, 0.3) is 0 Å². The molecule has 208 valence electrons. The zero-order valence-electron chi connectivity index (χ0n) is 22.9. The van der Waals surface area contributed by atoms with E-state index in [1.54, 1.807) is 21.1 Å². The van der Waals surface area contributed by atoms with Crippen LogP contribution in [-0.2, 0) is 28.5 Å². The lowest BCUT2D eigenvalue weighted by Gasteiger charge is -2.51. The van der Waals surface area contributed by atoms with Gasteiger partial charge in [-0.3, -0.25) is 4.79 Å². The number of aliphatic hydroxyl groups excluding tert-OH is 1. The molecule has 2 N–H and O–H groups in total. The molecule has 1 unspecified atom stereocenters. The van der Waals surface area contributed by atoms with Crippen molar-refractivity contribution < 1.29 is 38.7 Å². The van der Waals surface area contributed by atoms with Crippen LogP contribution in [0.2, 0.25) is 0 Å². The number of carbonyl (C=O) groups excluding carboxylic acids is 1. The van der Waals surface area contributed by atoms with Gasteiger partial charge in [0.15, 0.2) is 0 Å². The third-order valence-corrected chi connectivity index (χ3v) is 8.03. The van der Waals surface area contributed by atoms with Gasteiger partial charge in [-0.25, -0.2) is 0 Å². The molecule has 1 aromatic carbocycles. The monoisotopic (exact) mass is 520 g/mol. The first kappa shape index (κ1) is 29.7. The van der Waals surface area contributed by atoms with Crippen molar-refractivity contribution in [1.82, 2.24) is 0 Å². The molecule has 1 saturated heterocycles. The molecule has 8 heteroatoms. The molecular weight excluding hydrogens is 476 g/mol. The average Bonchev–Trinajstić information content (AvgIpc) is 2.90. The van der Waals surface area contributed by atoms with E-state index in [2.05, 4.69) is 0 Å². The Morgan fingerprint density at radius 3 is 2.24 bits per heavy atom. The van der Waals surface area contributed by atoms with Crippen LogP contribution in [0.15, 0.2) is 42.5 Å². The molecule has 2 aliphatic heterocycles. The van der Waals surface area contributed by atoms with E-state index in [1.807, 2.05) is 56.3 Å². The molecule has 1 fully saturated rings. The number of methoxy groups -OCH3 is 3. The second-order valence-electron chi connectivity index (χ2n) is 10.4. The number of fused-ring (bicyclic) bond motifs is 2. The number of hydrogen-bond donors (Lipinski definition) is 2. The number of cyclic esters (lactones) is 1. The molecule has 2 bridgehead atoms. The Morgan fingerprint density at radius 2 is 1.62 bits per heavy atom. The zero-order valence-corrected chi connectivity index (χ0v) is 22.9. The first-order chi connectivity index (χ1) is 17.7. The van der Waals surface area contributed by atoms with Crippen LogP contribution in [0.3, 0.4) is 0 Å². The topological polar surface area (TPSA) is 104 Å². The van der Waals surface area contributed by atoms with Crippen molar-refractivity contribution in [2.24, 2.45) is 17.8 Å². The van der Waals surface area contributed by atoms with Crippen LogP contribution in [0.5, 0.6) is 0 Å². The Hall–Kier alpha value is -1.81. The van der Waals surface area contributed by atoms with Crippen molar-refractivity contribution in [2.75, 3.05) is 21.3 Å². The Kier molecular flexibility index (Phi) is 10.7. The van der Waals surface area contributed by atoms with Crippen LogP contribution >= 0.6 is 0 Å². The smallest absolute Gasteiger partial charge is 0.314 e. The molecule has 0 aliphatic carbocycles. The standard InChI is InChI=1S/C29H44O8/c1-18-16-17-24(34-5)23(33-4)15-11-10-14-22(21-12-8-7-9-13-21)36-28(31)20(3)29(32)27(35-6)25(30)19(2)26(18)37-29/h7-9,12-13,16-20,22-27,30,32H,10-11,14-15H2,1-6H3/t18-,19-,20+,22-,23+,24+,25-,26-,27+,29?/m0/s1. The van der Waals surface area contributed by atoms with Gasteiger partial charge in [0.05, 0.1) is 18.3 Å². The number of benzene rings is 1. The van der Waals surface area contributed by atoms with Gasteiger partial charge in [-0.05, 0) is 31.7 Å². The highest BCUT2D eigenvalue weighted by Gasteiger charge is 2.58. The van der Waals surface area contributed by atoms with Gasteiger partial charge in [0.1, 0.15) is 24.2 Å². The Balaban J connectivity index is 2.01. The molecular formula is C29H44O8. The van der Waals surface area contributed by atoms with Gasteiger partial charge < -0.3 is 33.9 Å². The van der Waals surface area contributed by atoms with Crippen molar-refractivity contribution >= 4 is 5.97 Å². The van der Waals surface area contributed by atoms with E-state index in [9.17, 15) is 15.0 Å². The van der Waals surface area contributed by atoms with Gasteiger partial charge in [0, 0.05) is 33.2 Å². The van der Waals surface area contributed by atoms with Gasteiger partial charge in [-0.2, -0.15) is 0 Å². The van der Waals surface area contributed by atoms with Crippen molar-refractivity contribution in [1.29, 1.82) is 0 Å². The number of hydrogen-bond acceptors (Lipinski definition) is 8. The summed E-state index contributed by atoms with van der Waals surface area (Å²) < 4.78 is 29.3. The van der Waals surface area contributed by atoms with Gasteiger partial charge >= 0.3 is 5.97 Å². The maximum absolute atomic E-state index is 13.5. The highest BCUT2D eigenvalue weighted by Crippen LogP contribution is 2.42. The minimum absolute atomic E-state index is 0.149. The Bertz CT molecular complexity index is 876. The predicted octanol–water partition coefficient (Wildman–Crippen LogP) is 3.80. The van der Waals surface area contributed by atoms with E-state index in [0.717, 1.165) is 24.8 Å². The molecule has 3 rings (SSSR count). The Labute approximate surface area is 220 Å². The second kappa shape index (κ2) is 13.3. The maximum Gasteiger partial charge on any atom is 0.314 e. The molecule has 1 aromatic rings. The van der Waals surface area contributed by atoms with Crippen LogP contribution < -0.4 is 0 Å². The number of rotatable bonds is 4. The van der Waals surface area contributed by atoms with Gasteiger partial charge in [-0.1, -0.05) is 62.8 Å². The van der Waals surface area contributed by atoms with Gasteiger partial charge in [-0.15, -0.1) is 0 Å². The van der Waals surface area contributed by atoms with Crippen molar-refractivity contribution in [2.45, 2.75) is 88.9 Å². The summed E-state index contributed by atoms with van der Waals surface area (Å²) in [4.78, 5) is 13.5. The van der Waals surface area contributed by atoms with E-state index >= 15 is 0 Å². The molecule has 2 aliphatic rings. The molecule has 0 spiro atoms. The van der Waals surface area contributed by atoms with Crippen LogP contribution in [-0.4, -0.2) is 73.8 Å². The minimum Gasteiger partial charge on any atom is -0.457 e. The quantitative estimate of drug-likeness (QED) is 0.456. The SMILES string of the molecule is CO[C@@H]1[C@@H](O)[C@H](C)[C@H]2OC1(O)[C@H](C)C(=O)O[C@H](c1ccccc1)CCCC[C@@H](OC)[C@H](OC)C=C[C@@H]2C. The summed E-state index contributed by atoms with van der Waals surface area (Å²) in [6.45, 7) is 5.36. The van der Waals surface area contributed by atoms with Crippen molar-refractivity contribution in [3.8, 4) is 0 Å². The first-order valence-electron chi connectivity index (χ1n) is 13.3. The number of ether oxygens (including phenoxy) is 5. The number of aliphatic hydroxyl groups is 2. The van der Waals surface area contributed by atoms with E-state index in [4.69, 9.17) is 23.7 Å². The molecule has 0 saturated carbocycles. The van der Waals surface area contributed by atoms with Crippen LogP contribution in [0.4, 0.5) is 0 Å². The third-order valence-electron chi connectivity index (χ3n) is 8.03. The lowest BCUT2D eigenvalue weighted by atomic mass is 9.78. The fraction of sp³-hybridized carbons (Fsp3) is 0.690. The van der Waals surface area contributed by atoms with E-state index in [0.29, 0.717) is 6.42 Å². The predicted molar refractivity (Wildman–Crippen MR) is 139 cm³/mol. The van der Waals surface area contributed by atoms with Crippen molar-refractivity contribution in [3.63, 3.8) is 0 Å². The average molecular weight is 521 g/mol. The van der Waals surface area contributed by atoms with Gasteiger partial charge in [0.2, 0.25) is 5.79 Å². The fourth-order valence-corrected chi connectivity index (χ4v) is 5.56. The van der Waals surface area contributed by atoms with Crippen molar-refractivity contribution in [3.05, 3.63) is 48.0 Å². The molecule has 8 nitrogen and oxygen atoms in total.